The summed E-state index contributed by atoms with van der Waals surface area (Å²) in [7, 11) is 0. The van der Waals surface area contributed by atoms with Gasteiger partial charge < -0.3 is 4.90 Å². The summed E-state index contributed by atoms with van der Waals surface area (Å²) in [5.74, 6) is 0.363. The summed E-state index contributed by atoms with van der Waals surface area (Å²) < 4.78 is 0. The number of halogens is 1. The molecule has 1 heterocycles. The Morgan fingerprint density at radius 2 is 2.14 bits per heavy atom. The van der Waals surface area contributed by atoms with Gasteiger partial charge in [0.25, 0.3) is 5.91 Å². The van der Waals surface area contributed by atoms with E-state index in [1.54, 1.807) is 4.90 Å². The number of rotatable bonds is 4. The molecule has 1 amide bonds. The molecule has 0 N–H and O–H groups in total. The second kappa shape index (κ2) is 5.54. The van der Waals surface area contributed by atoms with E-state index in [-0.39, 0.29) is 5.91 Å². The summed E-state index contributed by atoms with van der Waals surface area (Å²) in [6.07, 6.45) is 4.41. The van der Waals surface area contributed by atoms with E-state index in [9.17, 15) is 4.79 Å². The highest BCUT2D eigenvalue weighted by atomic mass is 35.5. The quantitative estimate of drug-likeness (QED) is 0.706. The summed E-state index contributed by atoms with van der Waals surface area (Å²) in [6.45, 7) is 3.10. The van der Waals surface area contributed by atoms with Crippen molar-refractivity contribution in [1.82, 2.24) is 14.9 Å². The highest BCUT2D eigenvalue weighted by Crippen LogP contribution is 2.01. The van der Waals surface area contributed by atoms with Gasteiger partial charge in [-0.15, -0.1) is 11.6 Å². The topological polar surface area (TPSA) is 46.1 Å². The van der Waals surface area contributed by atoms with Crippen molar-refractivity contribution in [2.45, 2.75) is 6.92 Å². The molecule has 1 rings (SSSR count). The molecule has 0 aliphatic heterocycles. The van der Waals surface area contributed by atoms with Crippen LogP contribution in [-0.2, 0) is 0 Å². The Balaban J connectivity index is 2.73. The van der Waals surface area contributed by atoms with Gasteiger partial charge in [0.2, 0.25) is 0 Å². The minimum absolute atomic E-state index is 0.0752. The maximum atomic E-state index is 11.8. The first-order valence-corrected chi connectivity index (χ1v) is 4.93. The Bertz CT molecular complexity index is 291. The molecule has 5 heteroatoms. The van der Waals surface area contributed by atoms with Crippen molar-refractivity contribution in [3.8, 4) is 0 Å². The molecule has 0 unspecified atom stereocenters. The average Bonchev–Trinajstić information content (AvgIpc) is 2.26. The van der Waals surface area contributed by atoms with E-state index in [0.29, 0.717) is 24.5 Å². The molecule has 0 aromatic carbocycles. The van der Waals surface area contributed by atoms with Crippen molar-refractivity contribution in [2.24, 2.45) is 0 Å². The predicted octanol–water partition coefficient (Wildman–Crippen LogP) is 1.18. The third-order valence-electron chi connectivity index (χ3n) is 1.83. The summed E-state index contributed by atoms with van der Waals surface area (Å²) in [5.41, 5.74) is 0.500. The number of aromatic nitrogens is 2. The number of carbonyl (C=O) groups is 1. The van der Waals surface area contributed by atoms with Gasteiger partial charge in [-0.2, -0.15) is 0 Å². The van der Waals surface area contributed by atoms with Crippen LogP contribution in [0.3, 0.4) is 0 Å². The number of hydrogen-bond donors (Lipinski definition) is 0. The second-order valence-corrected chi connectivity index (χ2v) is 3.08. The lowest BCUT2D eigenvalue weighted by atomic mass is 10.3. The molecule has 0 atom stereocenters. The van der Waals surface area contributed by atoms with Crippen LogP contribution in [0.1, 0.15) is 17.3 Å². The fraction of sp³-hybridized carbons (Fsp3) is 0.444. The van der Waals surface area contributed by atoms with Crippen LogP contribution in [0.15, 0.2) is 18.7 Å². The SMILES string of the molecule is CCN(CCCl)C(=O)c1cncnc1. The lowest BCUT2D eigenvalue weighted by Gasteiger charge is -2.18. The van der Waals surface area contributed by atoms with Crippen LogP contribution in [0.4, 0.5) is 0 Å². The third kappa shape index (κ3) is 2.67. The zero-order valence-electron chi connectivity index (χ0n) is 7.98. The van der Waals surface area contributed by atoms with E-state index in [1.165, 1.54) is 18.7 Å². The molecule has 0 saturated carbocycles. The lowest BCUT2D eigenvalue weighted by Crippen LogP contribution is -2.32. The molecule has 76 valence electrons. The van der Waals surface area contributed by atoms with Crippen molar-refractivity contribution in [3.63, 3.8) is 0 Å². The summed E-state index contributed by atoms with van der Waals surface area (Å²) in [5, 5.41) is 0. The molecule has 1 aromatic heterocycles. The largest absolute Gasteiger partial charge is 0.338 e. The van der Waals surface area contributed by atoms with E-state index < -0.39 is 0 Å². The van der Waals surface area contributed by atoms with Gasteiger partial charge >= 0.3 is 0 Å². The molecule has 14 heavy (non-hydrogen) atoms. The van der Waals surface area contributed by atoms with Crippen LogP contribution in [0.25, 0.3) is 0 Å². The van der Waals surface area contributed by atoms with Crippen LogP contribution in [0, 0.1) is 0 Å². The van der Waals surface area contributed by atoms with E-state index in [4.69, 9.17) is 11.6 Å². The number of alkyl halides is 1. The van der Waals surface area contributed by atoms with Crippen LogP contribution in [0.5, 0.6) is 0 Å². The van der Waals surface area contributed by atoms with Gasteiger partial charge in [-0.1, -0.05) is 0 Å². The average molecular weight is 214 g/mol. The van der Waals surface area contributed by atoms with Crippen molar-refractivity contribution in [3.05, 3.63) is 24.3 Å². The molecule has 0 radical (unpaired) electrons. The van der Waals surface area contributed by atoms with E-state index in [0.717, 1.165) is 0 Å². The summed E-state index contributed by atoms with van der Waals surface area (Å²) >= 11 is 5.58. The molecule has 0 spiro atoms. The second-order valence-electron chi connectivity index (χ2n) is 2.70. The standard InChI is InChI=1S/C9H12ClN3O/c1-2-13(4-3-10)9(14)8-5-11-7-12-6-8/h5-7H,2-4H2,1H3. The van der Waals surface area contributed by atoms with Gasteiger partial charge in [0, 0.05) is 31.4 Å². The first-order chi connectivity index (χ1) is 6.79. The number of nitrogens with zero attached hydrogens (tertiary/aromatic N) is 3. The number of hydrogen-bond acceptors (Lipinski definition) is 3. The van der Waals surface area contributed by atoms with Crippen LogP contribution in [-0.4, -0.2) is 39.7 Å². The van der Waals surface area contributed by atoms with E-state index >= 15 is 0 Å². The van der Waals surface area contributed by atoms with Gasteiger partial charge in [0.15, 0.2) is 0 Å². The Morgan fingerprint density at radius 1 is 1.50 bits per heavy atom. The zero-order chi connectivity index (χ0) is 10.4. The van der Waals surface area contributed by atoms with Gasteiger partial charge in [0.05, 0.1) is 5.56 Å². The molecule has 0 bridgehead atoms. The Hall–Kier alpha value is -1.16. The third-order valence-corrected chi connectivity index (χ3v) is 2.00. The van der Waals surface area contributed by atoms with Crippen molar-refractivity contribution in [2.75, 3.05) is 19.0 Å². The highest BCUT2D eigenvalue weighted by molar-refractivity contribution is 6.18. The first-order valence-electron chi connectivity index (χ1n) is 4.39. The minimum Gasteiger partial charge on any atom is -0.338 e. The van der Waals surface area contributed by atoms with Gasteiger partial charge in [-0.05, 0) is 6.92 Å². The number of carbonyl (C=O) groups excluding carboxylic acids is 1. The van der Waals surface area contributed by atoms with Gasteiger partial charge in [0.1, 0.15) is 6.33 Å². The normalized spacial score (nSPS) is 9.86. The molecular formula is C9H12ClN3O. The summed E-state index contributed by atoms with van der Waals surface area (Å²) in [4.78, 5) is 21.0. The first kappa shape index (κ1) is 10.9. The maximum absolute atomic E-state index is 11.8. The van der Waals surface area contributed by atoms with Gasteiger partial charge in [-0.25, -0.2) is 9.97 Å². The number of amides is 1. The van der Waals surface area contributed by atoms with Crippen LogP contribution in [0.2, 0.25) is 0 Å². The van der Waals surface area contributed by atoms with Crippen molar-refractivity contribution < 1.29 is 4.79 Å². The van der Waals surface area contributed by atoms with Crippen LogP contribution >= 0.6 is 11.6 Å². The molecule has 0 saturated heterocycles. The lowest BCUT2D eigenvalue weighted by molar-refractivity contribution is 0.0773. The zero-order valence-corrected chi connectivity index (χ0v) is 8.74. The predicted molar refractivity (Wildman–Crippen MR) is 54.3 cm³/mol. The van der Waals surface area contributed by atoms with E-state index in [2.05, 4.69) is 9.97 Å². The molecule has 1 aromatic rings. The van der Waals surface area contributed by atoms with E-state index in [1.807, 2.05) is 6.92 Å². The molecule has 0 aliphatic carbocycles. The minimum atomic E-state index is -0.0752. The fourth-order valence-corrected chi connectivity index (χ4v) is 1.30. The monoisotopic (exact) mass is 213 g/mol. The Kier molecular flexibility index (Phi) is 4.32. The summed E-state index contributed by atoms with van der Waals surface area (Å²) in [6, 6.07) is 0. The molecule has 4 nitrogen and oxygen atoms in total. The molecule has 0 fully saturated rings. The molecule has 0 aliphatic rings. The smallest absolute Gasteiger partial charge is 0.257 e. The Morgan fingerprint density at radius 3 is 2.64 bits per heavy atom. The van der Waals surface area contributed by atoms with Crippen LogP contribution < -0.4 is 0 Å². The molecular weight excluding hydrogens is 202 g/mol. The van der Waals surface area contributed by atoms with Crippen molar-refractivity contribution >= 4 is 17.5 Å². The van der Waals surface area contributed by atoms with Crippen molar-refractivity contribution in [1.29, 1.82) is 0 Å². The maximum Gasteiger partial charge on any atom is 0.257 e. The Labute approximate surface area is 87.9 Å². The fourth-order valence-electron chi connectivity index (χ4n) is 1.10. The highest BCUT2D eigenvalue weighted by Gasteiger charge is 2.13. The van der Waals surface area contributed by atoms with Gasteiger partial charge in [-0.3, -0.25) is 4.79 Å².